The summed E-state index contributed by atoms with van der Waals surface area (Å²) in [5, 5.41) is 0. The number of aryl methyl sites for hydroxylation is 1. The van der Waals surface area contributed by atoms with Gasteiger partial charge in [-0.1, -0.05) is 24.8 Å². The highest BCUT2D eigenvalue weighted by molar-refractivity contribution is 5.95. The summed E-state index contributed by atoms with van der Waals surface area (Å²) in [4.78, 5) is 42.0. The molecule has 2 aliphatic heterocycles. The summed E-state index contributed by atoms with van der Waals surface area (Å²) in [5.41, 5.74) is 8.09. The van der Waals surface area contributed by atoms with Crippen LogP contribution in [0.2, 0.25) is 0 Å². The molecule has 10 heteroatoms. The van der Waals surface area contributed by atoms with Crippen LogP contribution in [0.5, 0.6) is 0 Å². The van der Waals surface area contributed by atoms with Crippen LogP contribution in [-0.2, 0) is 11.2 Å². The number of nitrogens with two attached hydrogens (primary N) is 1. The summed E-state index contributed by atoms with van der Waals surface area (Å²) >= 11 is 0. The van der Waals surface area contributed by atoms with Crippen molar-refractivity contribution in [2.24, 2.45) is 11.8 Å². The monoisotopic (exact) mass is 556 g/mol. The van der Waals surface area contributed by atoms with Crippen LogP contribution in [0.15, 0.2) is 42.9 Å². The first-order chi connectivity index (χ1) is 19.5. The lowest BCUT2D eigenvalue weighted by molar-refractivity contribution is 0.0275. The number of nitrogen functional groups attached to an aromatic ring is 1. The first kappa shape index (κ1) is 28.0. The van der Waals surface area contributed by atoms with Crippen molar-refractivity contribution in [3.05, 3.63) is 71.1 Å². The molecule has 4 heterocycles. The molecule has 0 saturated carbocycles. The van der Waals surface area contributed by atoms with E-state index >= 15 is 4.39 Å². The number of ether oxygens (including phenoxy) is 1. The highest BCUT2D eigenvalue weighted by atomic mass is 19.1. The SMILES string of the molecule is CCc1ncnc(-c2ccc(C(=O)N3CC4CN(C(=O)OC(C)(C)C)CC4C3)c(F)c2)c1C#Cc1ccc(N)nc1. The van der Waals surface area contributed by atoms with Gasteiger partial charge in [0.1, 0.15) is 23.6 Å². The zero-order valence-corrected chi connectivity index (χ0v) is 23.6. The highest BCUT2D eigenvalue weighted by Crippen LogP contribution is 2.33. The average Bonchev–Trinajstić information content (AvgIpc) is 3.51. The van der Waals surface area contributed by atoms with Gasteiger partial charge >= 0.3 is 6.09 Å². The van der Waals surface area contributed by atoms with E-state index in [0.717, 1.165) is 5.69 Å². The Morgan fingerprint density at radius 1 is 1.02 bits per heavy atom. The van der Waals surface area contributed by atoms with Gasteiger partial charge in [0.2, 0.25) is 0 Å². The number of aromatic nitrogens is 3. The number of amides is 2. The Balaban J connectivity index is 1.32. The molecule has 2 aliphatic rings. The van der Waals surface area contributed by atoms with Crippen molar-refractivity contribution in [2.45, 2.75) is 39.7 Å². The Bertz CT molecular complexity index is 1530. The minimum absolute atomic E-state index is 0.00285. The molecule has 41 heavy (non-hydrogen) atoms. The number of rotatable bonds is 3. The predicted molar refractivity (Wildman–Crippen MR) is 152 cm³/mol. The van der Waals surface area contributed by atoms with E-state index in [-0.39, 0.29) is 29.4 Å². The number of likely N-dealkylation sites (tertiary alicyclic amines) is 2. The molecule has 2 unspecified atom stereocenters. The number of hydrogen-bond acceptors (Lipinski definition) is 7. The van der Waals surface area contributed by atoms with Crippen molar-refractivity contribution < 1.29 is 18.7 Å². The van der Waals surface area contributed by atoms with E-state index in [4.69, 9.17) is 10.5 Å². The van der Waals surface area contributed by atoms with Gasteiger partial charge in [0.15, 0.2) is 0 Å². The zero-order chi connectivity index (χ0) is 29.3. The number of fused-ring (bicyclic) bond motifs is 1. The minimum atomic E-state index is -0.627. The third kappa shape index (κ3) is 6.14. The molecule has 0 bridgehead atoms. The number of pyridine rings is 1. The van der Waals surface area contributed by atoms with Gasteiger partial charge < -0.3 is 20.3 Å². The molecule has 0 spiro atoms. The van der Waals surface area contributed by atoms with Crippen molar-refractivity contribution in [3.8, 4) is 23.1 Å². The summed E-state index contributed by atoms with van der Waals surface area (Å²) in [6.07, 6.45) is 3.29. The summed E-state index contributed by atoms with van der Waals surface area (Å²) in [6.45, 7) is 9.45. The number of halogens is 1. The van der Waals surface area contributed by atoms with Crippen molar-refractivity contribution in [2.75, 3.05) is 31.9 Å². The van der Waals surface area contributed by atoms with Crippen molar-refractivity contribution in [3.63, 3.8) is 0 Å². The van der Waals surface area contributed by atoms with Gasteiger partial charge in [-0.3, -0.25) is 4.79 Å². The molecule has 2 aromatic heterocycles. The van der Waals surface area contributed by atoms with Crippen LogP contribution >= 0.6 is 0 Å². The van der Waals surface area contributed by atoms with Crippen LogP contribution in [0.1, 0.15) is 54.9 Å². The van der Waals surface area contributed by atoms with Crippen molar-refractivity contribution >= 4 is 17.8 Å². The maximum atomic E-state index is 15.4. The summed E-state index contributed by atoms with van der Waals surface area (Å²) in [7, 11) is 0. The van der Waals surface area contributed by atoms with E-state index in [1.54, 1.807) is 34.2 Å². The highest BCUT2D eigenvalue weighted by Gasteiger charge is 2.44. The molecule has 5 rings (SSSR count). The second-order valence-corrected chi connectivity index (χ2v) is 11.4. The van der Waals surface area contributed by atoms with Crippen LogP contribution < -0.4 is 5.73 Å². The van der Waals surface area contributed by atoms with Gasteiger partial charge in [-0.15, -0.1) is 0 Å². The van der Waals surface area contributed by atoms with Crippen LogP contribution in [0.25, 0.3) is 11.3 Å². The second-order valence-electron chi connectivity index (χ2n) is 11.4. The Kier molecular flexibility index (Phi) is 7.63. The lowest BCUT2D eigenvalue weighted by Gasteiger charge is -2.26. The first-order valence-electron chi connectivity index (χ1n) is 13.7. The van der Waals surface area contributed by atoms with Crippen molar-refractivity contribution in [1.82, 2.24) is 24.8 Å². The largest absolute Gasteiger partial charge is 0.444 e. The van der Waals surface area contributed by atoms with Gasteiger partial charge in [-0.05, 0) is 51.5 Å². The molecule has 2 fully saturated rings. The molecule has 2 atom stereocenters. The molecule has 9 nitrogen and oxygen atoms in total. The number of carbonyl (C=O) groups excluding carboxylic acids is 2. The molecular formula is C31H33FN6O3. The van der Waals surface area contributed by atoms with Crippen LogP contribution in [0.4, 0.5) is 15.0 Å². The quantitative estimate of drug-likeness (QED) is 0.482. The van der Waals surface area contributed by atoms with Crippen LogP contribution in [0.3, 0.4) is 0 Å². The molecule has 3 aromatic rings. The molecule has 2 saturated heterocycles. The maximum absolute atomic E-state index is 15.4. The molecule has 2 amide bonds. The fraction of sp³-hybridized carbons (Fsp3) is 0.387. The minimum Gasteiger partial charge on any atom is -0.444 e. The number of nitrogens with zero attached hydrogens (tertiary/aromatic N) is 5. The third-order valence-electron chi connectivity index (χ3n) is 7.28. The van der Waals surface area contributed by atoms with Gasteiger partial charge in [0.25, 0.3) is 5.91 Å². The van der Waals surface area contributed by atoms with E-state index in [1.807, 2.05) is 27.7 Å². The van der Waals surface area contributed by atoms with Crippen molar-refractivity contribution in [1.29, 1.82) is 0 Å². The molecule has 212 valence electrons. The molecule has 1 aromatic carbocycles. The van der Waals surface area contributed by atoms with Gasteiger partial charge in [0.05, 0.1) is 22.5 Å². The maximum Gasteiger partial charge on any atom is 0.410 e. The molecule has 0 radical (unpaired) electrons. The molecule has 2 N–H and O–H groups in total. The zero-order valence-electron chi connectivity index (χ0n) is 23.6. The number of hydrogen-bond donors (Lipinski definition) is 1. The Labute approximate surface area is 238 Å². The van der Waals surface area contributed by atoms with Crippen LogP contribution in [-0.4, -0.2) is 68.5 Å². The molecule has 0 aliphatic carbocycles. The van der Waals surface area contributed by atoms with E-state index < -0.39 is 11.4 Å². The van der Waals surface area contributed by atoms with E-state index in [1.165, 1.54) is 18.5 Å². The Hall–Kier alpha value is -4.52. The second kappa shape index (κ2) is 11.2. The smallest absolute Gasteiger partial charge is 0.410 e. The number of benzene rings is 1. The van der Waals surface area contributed by atoms with E-state index in [9.17, 15) is 9.59 Å². The fourth-order valence-corrected chi connectivity index (χ4v) is 5.29. The number of anilines is 1. The summed E-state index contributed by atoms with van der Waals surface area (Å²) < 4.78 is 20.9. The topological polar surface area (TPSA) is 115 Å². The fourth-order valence-electron chi connectivity index (χ4n) is 5.29. The normalized spacial score (nSPS) is 18.1. The summed E-state index contributed by atoms with van der Waals surface area (Å²) in [6, 6.07) is 7.96. The Morgan fingerprint density at radius 3 is 2.34 bits per heavy atom. The van der Waals surface area contributed by atoms with Gasteiger partial charge in [0, 0.05) is 55.3 Å². The van der Waals surface area contributed by atoms with Gasteiger partial charge in [-0.2, -0.15) is 0 Å². The third-order valence-corrected chi connectivity index (χ3v) is 7.28. The summed E-state index contributed by atoms with van der Waals surface area (Å²) in [5.74, 6) is 5.88. The van der Waals surface area contributed by atoms with Gasteiger partial charge in [-0.25, -0.2) is 24.1 Å². The first-order valence-corrected chi connectivity index (χ1v) is 13.7. The average molecular weight is 557 g/mol. The van der Waals surface area contributed by atoms with E-state index in [2.05, 4.69) is 26.8 Å². The standard InChI is InChI=1S/C31H33FN6O3/c1-5-26-24(9-6-19-7-11-27(33)34-13-19)28(36-18-35-26)20-8-10-23(25(32)12-20)29(39)37-14-21-16-38(17-22(21)15-37)30(40)41-31(2,3)4/h7-8,10-13,18,21-22H,5,14-17H2,1-4H3,(H2,33,34). The van der Waals surface area contributed by atoms with Crippen LogP contribution in [0, 0.1) is 29.5 Å². The lowest BCUT2D eigenvalue weighted by atomic mass is 10.0. The molecular weight excluding hydrogens is 523 g/mol. The van der Waals surface area contributed by atoms with E-state index in [0.29, 0.717) is 60.8 Å². The lowest BCUT2D eigenvalue weighted by Crippen LogP contribution is -2.38. The predicted octanol–water partition coefficient (Wildman–Crippen LogP) is 4.16. The number of carbonyl (C=O) groups is 2. The Morgan fingerprint density at radius 2 is 1.73 bits per heavy atom.